The normalized spacial score (nSPS) is 10.3. The quantitative estimate of drug-likeness (QED) is 0.743. The van der Waals surface area contributed by atoms with Gasteiger partial charge >= 0.3 is 0 Å². The molecule has 0 saturated heterocycles. The molecule has 0 unspecified atom stereocenters. The molecule has 76 valence electrons. The SMILES string of the molecule is Fc1c(Br)ncnc1-c1ccccc1Br. The van der Waals surface area contributed by atoms with E-state index in [9.17, 15) is 4.39 Å². The molecule has 0 radical (unpaired) electrons. The summed E-state index contributed by atoms with van der Waals surface area (Å²) < 4.78 is 14.6. The monoisotopic (exact) mass is 330 g/mol. The minimum atomic E-state index is -0.454. The van der Waals surface area contributed by atoms with Crippen LogP contribution in [0.15, 0.2) is 39.7 Å². The van der Waals surface area contributed by atoms with Gasteiger partial charge in [0.15, 0.2) is 5.82 Å². The Bertz CT molecular complexity index is 503. The molecule has 2 aromatic rings. The molecule has 0 fully saturated rings. The maximum atomic E-state index is 13.7. The molecule has 1 aromatic heterocycles. The van der Waals surface area contributed by atoms with E-state index < -0.39 is 5.82 Å². The van der Waals surface area contributed by atoms with Crippen molar-refractivity contribution in [2.45, 2.75) is 0 Å². The van der Waals surface area contributed by atoms with Gasteiger partial charge in [-0.25, -0.2) is 14.4 Å². The number of aromatic nitrogens is 2. The Morgan fingerprint density at radius 2 is 1.80 bits per heavy atom. The Morgan fingerprint density at radius 3 is 2.53 bits per heavy atom. The first-order chi connectivity index (χ1) is 7.20. The van der Waals surface area contributed by atoms with Crippen LogP contribution in [0.2, 0.25) is 0 Å². The number of rotatable bonds is 1. The average molecular weight is 332 g/mol. The Balaban J connectivity index is 2.65. The van der Waals surface area contributed by atoms with Crippen molar-refractivity contribution in [3.63, 3.8) is 0 Å². The van der Waals surface area contributed by atoms with Crippen LogP contribution in [-0.2, 0) is 0 Å². The number of hydrogen-bond donors (Lipinski definition) is 0. The van der Waals surface area contributed by atoms with E-state index in [0.717, 1.165) is 4.47 Å². The van der Waals surface area contributed by atoms with Crippen LogP contribution in [0.25, 0.3) is 11.3 Å². The summed E-state index contributed by atoms with van der Waals surface area (Å²) in [4.78, 5) is 7.63. The summed E-state index contributed by atoms with van der Waals surface area (Å²) >= 11 is 6.38. The second kappa shape index (κ2) is 4.37. The van der Waals surface area contributed by atoms with E-state index in [1.807, 2.05) is 18.2 Å². The molecule has 2 rings (SSSR count). The molecule has 1 heterocycles. The van der Waals surface area contributed by atoms with Gasteiger partial charge in [-0.15, -0.1) is 0 Å². The molecule has 1 aromatic carbocycles. The summed E-state index contributed by atoms with van der Waals surface area (Å²) in [5.41, 5.74) is 0.988. The van der Waals surface area contributed by atoms with Gasteiger partial charge in [0.1, 0.15) is 16.6 Å². The largest absolute Gasteiger partial charge is 0.233 e. The van der Waals surface area contributed by atoms with Gasteiger partial charge < -0.3 is 0 Å². The average Bonchev–Trinajstić information content (AvgIpc) is 2.23. The number of halogens is 3. The van der Waals surface area contributed by atoms with Crippen molar-refractivity contribution in [1.82, 2.24) is 9.97 Å². The molecule has 0 spiro atoms. The minimum Gasteiger partial charge on any atom is -0.233 e. The van der Waals surface area contributed by atoms with Crippen LogP contribution in [0.5, 0.6) is 0 Å². The summed E-state index contributed by atoms with van der Waals surface area (Å²) in [6, 6.07) is 7.32. The Kier molecular flexibility index (Phi) is 3.11. The summed E-state index contributed by atoms with van der Waals surface area (Å²) in [5.74, 6) is -0.454. The van der Waals surface area contributed by atoms with Crippen LogP contribution in [0.4, 0.5) is 4.39 Å². The molecule has 2 nitrogen and oxygen atoms in total. The third kappa shape index (κ3) is 2.08. The lowest BCUT2D eigenvalue weighted by molar-refractivity contribution is 0.609. The highest BCUT2D eigenvalue weighted by Crippen LogP contribution is 2.29. The van der Waals surface area contributed by atoms with Crippen LogP contribution in [0.3, 0.4) is 0 Å². The molecule has 0 saturated carbocycles. The van der Waals surface area contributed by atoms with E-state index in [2.05, 4.69) is 41.8 Å². The maximum absolute atomic E-state index is 13.7. The second-order valence-corrected chi connectivity index (χ2v) is 4.41. The van der Waals surface area contributed by atoms with Gasteiger partial charge in [-0.1, -0.05) is 34.1 Å². The zero-order chi connectivity index (χ0) is 10.8. The zero-order valence-electron chi connectivity index (χ0n) is 7.42. The van der Waals surface area contributed by atoms with Crippen LogP contribution >= 0.6 is 31.9 Å². The van der Waals surface area contributed by atoms with Crippen molar-refractivity contribution in [2.24, 2.45) is 0 Å². The summed E-state index contributed by atoms with van der Waals surface area (Å²) in [5, 5.41) is 0. The highest BCUT2D eigenvalue weighted by Gasteiger charge is 2.12. The Labute approximate surface area is 103 Å². The summed E-state index contributed by atoms with van der Waals surface area (Å²) in [7, 11) is 0. The van der Waals surface area contributed by atoms with Crippen LogP contribution in [0, 0.1) is 5.82 Å². The number of hydrogen-bond acceptors (Lipinski definition) is 2. The van der Waals surface area contributed by atoms with Gasteiger partial charge in [0.05, 0.1) is 0 Å². The molecular weight excluding hydrogens is 327 g/mol. The molecule has 0 atom stereocenters. The second-order valence-electron chi connectivity index (χ2n) is 2.81. The van der Waals surface area contributed by atoms with Crippen molar-refractivity contribution in [2.75, 3.05) is 0 Å². The van der Waals surface area contributed by atoms with E-state index >= 15 is 0 Å². The first kappa shape index (κ1) is 10.7. The summed E-state index contributed by atoms with van der Waals surface area (Å²) in [6.07, 6.45) is 1.32. The molecule has 0 amide bonds. The van der Waals surface area contributed by atoms with Gasteiger partial charge in [0.25, 0.3) is 0 Å². The lowest BCUT2D eigenvalue weighted by atomic mass is 10.1. The van der Waals surface area contributed by atoms with Crippen LogP contribution in [-0.4, -0.2) is 9.97 Å². The Hall–Kier alpha value is -0.810. The highest BCUT2D eigenvalue weighted by molar-refractivity contribution is 9.10. The van der Waals surface area contributed by atoms with Crippen molar-refractivity contribution in [1.29, 1.82) is 0 Å². The first-order valence-corrected chi connectivity index (χ1v) is 5.69. The van der Waals surface area contributed by atoms with E-state index in [-0.39, 0.29) is 10.3 Å². The molecule has 0 aliphatic heterocycles. The van der Waals surface area contributed by atoms with Gasteiger partial charge in [-0.05, 0) is 22.0 Å². The van der Waals surface area contributed by atoms with Crippen molar-refractivity contribution in [3.05, 3.63) is 45.5 Å². The maximum Gasteiger partial charge on any atom is 0.182 e. The lowest BCUT2D eigenvalue weighted by Crippen LogP contribution is -1.93. The minimum absolute atomic E-state index is 0.170. The Morgan fingerprint density at radius 1 is 1.07 bits per heavy atom. The fraction of sp³-hybridized carbons (Fsp3) is 0. The van der Waals surface area contributed by atoms with Crippen LogP contribution < -0.4 is 0 Å². The van der Waals surface area contributed by atoms with Gasteiger partial charge in [0, 0.05) is 10.0 Å². The van der Waals surface area contributed by atoms with E-state index in [1.54, 1.807) is 6.07 Å². The number of benzene rings is 1. The standard InChI is InChI=1S/C10H5Br2FN2/c11-7-4-2-1-3-6(7)9-8(13)10(12)15-5-14-9/h1-5H. The van der Waals surface area contributed by atoms with E-state index in [4.69, 9.17) is 0 Å². The van der Waals surface area contributed by atoms with Gasteiger partial charge in [-0.2, -0.15) is 0 Å². The molecule has 0 bridgehead atoms. The summed E-state index contributed by atoms with van der Waals surface area (Å²) in [6.45, 7) is 0. The fourth-order valence-corrected chi connectivity index (χ4v) is 1.94. The highest BCUT2D eigenvalue weighted by atomic mass is 79.9. The molecule has 5 heteroatoms. The molecule has 15 heavy (non-hydrogen) atoms. The topological polar surface area (TPSA) is 25.8 Å². The fourth-order valence-electron chi connectivity index (χ4n) is 1.19. The first-order valence-electron chi connectivity index (χ1n) is 4.11. The lowest BCUT2D eigenvalue weighted by Gasteiger charge is -2.04. The smallest absolute Gasteiger partial charge is 0.182 e. The van der Waals surface area contributed by atoms with Crippen molar-refractivity contribution >= 4 is 31.9 Å². The molecule has 0 aliphatic carbocycles. The number of nitrogens with zero attached hydrogens (tertiary/aromatic N) is 2. The zero-order valence-corrected chi connectivity index (χ0v) is 10.6. The predicted molar refractivity (Wildman–Crippen MR) is 62.8 cm³/mol. The van der Waals surface area contributed by atoms with E-state index in [1.165, 1.54) is 6.33 Å². The van der Waals surface area contributed by atoms with Gasteiger partial charge in [-0.3, -0.25) is 0 Å². The third-order valence-corrected chi connectivity index (χ3v) is 3.12. The van der Waals surface area contributed by atoms with E-state index in [0.29, 0.717) is 5.56 Å². The van der Waals surface area contributed by atoms with Crippen molar-refractivity contribution in [3.8, 4) is 11.3 Å². The third-order valence-electron chi connectivity index (χ3n) is 1.88. The van der Waals surface area contributed by atoms with Crippen LogP contribution in [0.1, 0.15) is 0 Å². The predicted octanol–water partition coefficient (Wildman–Crippen LogP) is 3.81. The molecule has 0 N–H and O–H groups in total. The van der Waals surface area contributed by atoms with Gasteiger partial charge in [0.2, 0.25) is 0 Å². The molecular formula is C10H5Br2FN2. The van der Waals surface area contributed by atoms with Crippen molar-refractivity contribution < 1.29 is 4.39 Å². The molecule has 0 aliphatic rings.